The largest absolute Gasteiger partial charge is 0.381 e. The second-order valence-electron chi connectivity index (χ2n) is 5.61. The highest BCUT2D eigenvalue weighted by Crippen LogP contribution is 2.13. The molecule has 0 aliphatic carbocycles. The molecule has 1 aliphatic heterocycles. The fourth-order valence-electron chi connectivity index (χ4n) is 2.46. The van der Waals surface area contributed by atoms with Crippen molar-refractivity contribution in [3.05, 3.63) is 53.4 Å². The van der Waals surface area contributed by atoms with Gasteiger partial charge in [-0.3, -0.25) is 4.79 Å². The second kappa shape index (κ2) is 7.89. The van der Waals surface area contributed by atoms with Gasteiger partial charge in [-0.1, -0.05) is 35.5 Å². The van der Waals surface area contributed by atoms with Gasteiger partial charge in [0.2, 0.25) is 0 Å². The lowest BCUT2D eigenvalue weighted by molar-refractivity contribution is 0.0914. The number of ether oxygens (including phenoxy) is 2. The highest BCUT2D eigenvalue weighted by molar-refractivity contribution is 5.93. The summed E-state index contributed by atoms with van der Waals surface area (Å²) in [6, 6.07) is 9.87. The zero-order chi connectivity index (χ0) is 15.9. The Balaban J connectivity index is 1.49. The molecular weight excluding hydrogens is 296 g/mol. The van der Waals surface area contributed by atoms with Crippen molar-refractivity contribution in [2.75, 3.05) is 19.8 Å². The molecule has 1 aromatic carbocycles. The number of nitrogens with zero attached hydrogens (tertiary/aromatic N) is 1. The molecule has 1 atom stereocenters. The number of hydrogen-bond donors (Lipinski definition) is 1. The van der Waals surface area contributed by atoms with Crippen LogP contribution in [0.4, 0.5) is 0 Å². The van der Waals surface area contributed by atoms with Gasteiger partial charge in [0.05, 0.1) is 25.4 Å². The van der Waals surface area contributed by atoms with Gasteiger partial charge < -0.3 is 19.3 Å². The molecule has 6 heteroatoms. The van der Waals surface area contributed by atoms with Crippen molar-refractivity contribution < 1.29 is 18.8 Å². The molecule has 1 aliphatic rings. The molecule has 122 valence electrons. The maximum atomic E-state index is 12.2. The number of amides is 1. The summed E-state index contributed by atoms with van der Waals surface area (Å²) < 4.78 is 15.9. The second-order valence-corrected chi connectivity index (χ2v) is 5.61. The van der Waals surface area contributed by atoms with Gasteiger partial charge in [0.15, 0.2) is 5.69 Å². The summed E-state index contributed by atoms with van der Waals surface area (Å²) in [4.78, 5) is 12.2. The van der Waals surface area contributed by atoms with Gasteiger partial charge in [0, 0.05) is 19.1 Å². The van der Waals surface area contributed by atoms with Crippen LogP contribution in [0.2, 0.25) is 0 Å². The van der Waals surface area contributed by atoms with E-state index >= 15 is 0 Å². The minimum absolute atomic E-state index is 0.232. The third-order valence-electron chi connectivity index (χ3n) is 3.80. The van der Waals surface area contributed by atoms with Crippen LogP contribution in [0, 0.1) is 5.92 Å². The van der Waals surface area contributed by atoms with E-state index < -0.39 is 0 Å². The van der Waals surface area contributed by atoms with Crippen molar-refractivity contribution in [2.45, 2.75) is 19.6 Å². The average molecular weight is 316 g/mol. The number of rotatable bonds is 7. The van der Waals surface area contributed by atoms with E-state index in [1.807, 2.05) is 30.3 Å². The van der Waals surface area contributed by atoms with Gasteiger partial charge in [-0.15, -0.1) is 0 Å². The average Bonchev–Trinajstić information content (AvgIpc) is 3.25. The fraction of sp³-hybridized carbons (Fsp3) is 0.412. The number of benzene rings is 1. The highest BCUT2D eigenvalue weighted by atomic mass is 16.5. The quantitative estimate of drug-likeness (QED) is 0.847. The van der Waals surface area contributed by atoms with Crippen LogP contribution >= 0.6 is 0 Å². The molecular formula is C17H20N2O4. The molecule has 1 fully saturated rings. The van der Waals surface area contributed by atoms with E-state index in [-0.39, 0.29) is 18.2 Å². The number of aromatic nitrogens is 1. The first-order valence-corrected chi connectivity index (χ1v) is 7.74. The summed E-state index contributed by atoms with van der Waals surface area (Å²) in [6.07, 6.45) is 2.44. The van der Waals surface area contributed by atoms with E-state index in [2.05, 4.69) is 10.5 Å². The van der Waals surface area contributed by atoms with E-state index in [1.54, 1.807) is 0 Å². The molecule has 2 heterocycles. The van der Waals surface area contributed by atoms with E-state index in [0.29, 0.717) is 31.2 Å². The number of carbonyl (C=O) groups is 1. The van der Waals surface area contributed by atoms with Gasteiger partial charge in [-0.2, -0.15) is 0 Å². The van der Waals surface area contributed by atoms with E-state index in [4.69, 9.17) is 14.0 Å². The Morgan fingerprint density at radius 3 is 2.96 bits per heavy atom. The van der Waals surface area contributed by atoms with E-state index in [9.17, 15) is 4.79 Å². The van der Waals surface area contributed by atoms with Gasteiger partial charge in [0.1, 0.15) is 6.26 Å². The lowest BCUT2D eigenvalue weighted by Crippen LogP contribution is -2.30. The fourth-order valence-corrected chi connectivity index (χ4v) is 2.46. The molecule has 6 nitrogen and oxygen atoms in total. The van der Waals surface area contributed by atoms with Crippen LogP contribution in [0.5, 0.6) is 0 Å². The van der Waals surface area contributed by atoms with Gasteiger partial charge in [-0.05, 0) is 12.0 Å². The molecule has 3 rings (SSSR count). The summed E-state index contributed by atoms with van der Waals surface area (Å²) in [5, 5.41) is 6.67. The number of hydrogen-bond acceptors (Lipinski definition) is 5. The lowest BCUT2D eigenvalue weighted by atomic mass is 10.1. The smallest absolute Gasteiger partial charge is 0.273 e. The molecule has 1 unspecified atom stereocenters. The standard InChI is InChI=1S/C17H20N2O4/c20-17(18-8-14-6-7-21-10-14)16-15(12-23-19-16)11-22-9-13-4-2-1-3-5-13/h1-5,12,14H,6-11H2,(H,18,20). The van der Waals surface area contributed by atoms with Crippen molar-refractivity contribution in [1.29, 1.82) is 0 Å². The first kappa shape index (κ1) is 15.7. The summed E-state index contributed by atoms with van der Waals surface area (Å²) in [5.41, 5.74) is 2.02. The van der Waals surface area contributed by atoms with Crippen LogP contribution in [0.25, 0.3) is 0 Å². The van der Waals surface area contributed by atoms with Crippen molar-refractivity contribution in [3.8, 4) is 0 Å². The third-order valence-corrected chi connectivity index (χ3v) is 3.80. The molecule has 2 aromatic rings. The Labute approximate surface area is 134 Å². The number of carbonyl (C=O) groups excluding carboxylic acids is 1. The Kier molecular flexibility index (Phi) is 5.39. The molecule has 1 N–H and O–H groups in total. The molecule has 23 heavy (non-hydrogen) atoms. The van der Waals surface area contributed by atoms with E-state index in [0.717, 1.165) is 18.6 Å². The van der Waals surface area contributed by atoms with Crippen LogP contribution in [0.3, 0.4) is 0 Å². The maximum absolute atomic E-state index is 12.2. The molecule has 0 radical (unpaired) electrons. The predicted molar refractivity (Wildman–Crippen MR) is 82.7 cm³/mol. The summed E-state index contributed by atoms with van der Waals surface area (Å²) in [5.74, 6) is 0.146. The van der Waals surface area contributed by atoms with Crippen LogP contribution in [-0.2, 0) is 22.7 Å². The summed E-state index contributed by atoms with van der Waals surface area (Å²) in [6.45, 7) is 2.82. The van der Waals surface area contributed by atoms with Gasteiger partial charge in [0.25, 0.3) is 5.91 Å². The zero-order valence-electron chi connectivity index (χ0n) is 12.9. The van der Waals surface area contributed by atoms with Crippen molar-refractivity contribution in [2.24, 2.45) is 5.92 Å². The predicted octanol–water partition coefficient (Wildman–Crippen LogP) is 2.16. The summed E-state index contributed by atoms with van der Waals surface area (Å²) >= 11 is 0. The molecule has 1 saturated heterocycles. The Bertz CT molecular complexity index is 621. The Morgan fingerprint density at radius 1 is 1.30 bits per heavy atom. The Morgan fingerprint density at radius 2 is 2.17 bits per heavy atom. The zero-order valence-corrected chi connectivity index (χ0v) is 12.9. The van der Waals surface area contributed by atoms with Gasteiger partial charge >= 0.3 is 0 Å². The van der Waals surface area contributed by atoms with Crippen LogP contribution in [0.1, 0.15) is 28.0 Å². The first-order chi connectivity index (χ1) is 11.3. The normalized spacial score (nSPS) is 17.3. The molecule has 0 spiro atoms. The third kappa shape index (κ3) is 4.40. The number of nitrogens with one attached hydrogen (secondary N) is 1. The first-order valence-electron chi connectivity index (χ1n) is 7.74. The highest BCUT2D eigenvalue weighted by Gasteiger charge is 2.20. The van der Waals surface area contributed by atoms with Crippen LogP contribution in [-0.4, -0.2) is 30.8 Å². The molecule has 0 saturated carbocycles. The van der Waals surface area contributed by atoms with E-state index in [1.165, 1.54) is 6.26 Å². The topological polar surface area (TPSA) is 73.6 Å². The SMILES string of the molecule is O=C(NCC1CCOC1)c1nocc1COCc1ccccc1. The van der Waals surface area contributed by atoms with Crippen LogP contribution < -0.4 is 5.32 Å². The minimum Gasteiger partial charge on any atom is -0.381 e. The van der Waals surface area contributed by atoms with Crippen molar-refractivity contribution in [1.82, 2.24) is 10.5 Å². The van der Waals surface area contributed by atoms with Crippen molar-refractivity contribution >= 4 is 5.91 Å². The Hall–Kier alpha value is -2.18. The molecule has 1 amide bonds. The lowest BCUT2D eigenvalue weighted by Gasteiger charge is -2.09. The molecule has 0 bridgehead atoms. The van der Waals surface area contributed by atoms with Crippen molar-refractivity contribution in [3.63, 3.8) is 0 Å². The molecule has 1 aromatic heterocycles. The van der Waals surface area contributed by atoms with Crippen LogP contribution in [0.15, 0.2) is 41.1 Å². The summed E-state index contributed by atoms with van der Waals surface area (Å²) in [7, 11) is 0. The van der Waals surface area contributed by atoms with Gasteiger partial charge in [-0.25, -0.2) is 0 Å². The monoisotopic (exact) mass is 316 g/mol. The minimum atomic E-state index is -0.232. The maximum Gasteiger partial charge on any atom is 0.273 e.